The van der Waals surface area contributed by atoms with E-state index in [1.807, 2.05) is 32.0 Å². The van der Waals surface area contributed by atoms with Gasteiger partial charge in [-0.2, -0.15) is 0 Å². The van der Waals surface area contributed by atoms with Gasteiger partial charge in [-0.05, 0) is 43.2 Å². The van der Waals surface area contributed by atoms with Gasteiger partial charge in [0.15, 0.2) is 5.84 Å². The number of rotatable bonds is 3. The minimum Gasteiger partial charge on any atom is -0.456 e. The van der Waals surface area contributed by atoms with Crippen molar-refractivity contribution in [2.75, 3.05) is 0 Å². The average Bonchev–Trinajstić information content (AvgIpc) is 2.43. The highest BCUT2D eigenvalue weighted by molar-refractivity contribution is 6.30. The van der Waals surface area contributed by atoms with Crippen LogP contribution in [0.5, 0.6) is 11.5 Å². The van der Waals surface area contributed by atoms with Crippen molar-refractivity contribution in [1.82, 2.24) is 0 Å². The van der Waals surface area contributed by atoms with E-state index in [0.29, 0.717) is 22.1 Å². The van der Waals surface area contributed by atoms with E-state index >= 15 is 0 Å². The van der Waals surface area contributed by atoms with Crippen LogP contribution in [0, 0.1) is 13.8 Å². The fourth-order valence-electron chi connectivity index (χ4n) is 1.80. The van der Waals surface area contributed by atoms with Crippen molar-refractivity contribution in [3.05, 3.63) is 58.1 Å². The summed E-state index contributed by atoms with van der Waals surface area (Å²) in [5, 5.41) is 12.3. The number of nitrogens with two attached hydrogens (primary N) is 1. The van der Waals surface area contributed by atoms with E-state index in [2.05, 4.69) is 5.16 Å². The maximum atomic E-state index is 8.82. The molecule has 0 saturated heterocycles. The molecule has 0 aromatic heterocycles. The molecule has 2 aromatic carbocycles. The van der Waals surface area contributed by atoms with Gasteiger partial charge in [0.1, 0.15) is 11.5 Å². The molecule has 0 aliphatic rings. The molecule has 0 aliphatic heterocycles. The number of ether oxygens (including phenoxy) is 1. The van der Waals surface area contributed by atoms with Gasteiger partial charge in [0.2, 0.25) is 0 Å². The summed E-state index contributed by atoms with van der Waals surface area (Å²) in [6, 6.07) is 10.7. The summed E-state index contributed by atoms with van der Waals surface area (Å²) in [7, 11) is 0. The highest BCUT2D eigenvalue weighted by atomic mass is 35.5. The lowest BCUT2D eigenvalue weighted by atomic mass is 10.1. The summed E-state index contributed by atoms with van der Waals surface area (Å²) in [6.45, 7) is 3.98. The molecule has 5 heteroatoms. The Balaban J connectivity index is 2.47. The number of aryl methyl sites for hydroxylation is 1. The summed E-state index contributed by atoms with van der Waals surface area (Å²) in [5.74, 6) is 1.13. The predicted octanol–water partition coefficient (Wildman–Crippen LogP) is 3.84. The van der Waals surface area contributed by atoms with Crippen LogP contribution in [0.1, 0.15) is 16.7 Å². The van der Waals surface area contributed by atoms with Gasteiger partial charge in [0.25, 0.3) is 0 Å². The summed E-state index contributed by atoms with van der Waals surface area (Å²) in [5.41, 5.74) is 8.27. The lowest BCUT2D eigenvalue weighted by Crippen LogP contribution is -2.14. The van der Waals surface area contributed by atoms with Crippen molar-refractivity contribution >= 4 is 17.4 Å². The molecule has 0 saturated carbocycles. The zero-order chi connectivity index (χ0) is 14.7. The van der Waals surface area contributed by atoms with Gasteiger partial charge in [0.05, 0.1) is 5.56 Å². The Morgan fingerprint density at radius 3 is 2.65 bits per heavy atom. The Morgan fingerprint density at radius 2 is 1.95 bits per heavy atom. The molecular weight excluding hydrogens is 276 g/mol. The molecule has 0 amide bonds. The summed E-state index contributed by atoms with van der Waals surface area (Å²) in [4.78, 5) is 0. The molecular formula is C15H15ClN2O2. The van der Waals surface area contributed by atoms with Crippen LogP contribution in [0.4, 0.5) is 0 Å². The first-order chi connectivity index (χ1) is 9.52. The lowest BCUT2D eigenvalue weighted by molar-refractivity contribution is 0.318. The molecule has 0 aliphatic carbocycles. The molecule has 0 atom stereocenters. The third-order valence-electron chi connectivity index (χ3n) is 3.10. The molecule has 0 radical (unpaired) electrons. The Morgan fingerprint density at radius 1 is 1.20 bits per heavy atom. The van der Waals surface area contributed by atoms with Gasteiger partial charge >= 0.3 is 0 Å². The van der Waals surface area contributed by atoms with E-state index in [0.717, 1.165) is 11.1 Å². The molecule has 3 N–H and O–H groups in total. The lowest BCUT2D eigenvalue weighted by Gasteiger charge is -2.13. The number of halogens is 1. The van der Waals surface area contributed by atoms with Crippen molar-refractivity contribution in [2.45, 2.75) is 13.8 Å². The van der Waals surface area contributed by atoms with E-state index in [4.69, 9.17) is 27.3 Å². The fraction of sp³-hybridized carbons (Fsp3) is 0.133. The van der Waals surface area contributed by atoms with Crippen LogP contribution in [0.15, 0.2) is 41.6 Å². The first-order valence-corrected chi connectivity index (χ1v) is 6.42. The maximum Gasteiger partial charge on any atom is 0.173 e. The Labute approximate surface area is 122 Å². The molecule has 2 rings (SSSR count). The van der Waals surface area contributed by atoms with E-state index in [9.17, 15) is 0 Å². The van der Waals surface area contributed by atoms with Gasteiger partial charge in [-0.1, -0.05) is 28.9 Å². The van der Waals surface area contributed by atoms with Crippen LogP contribution < -0.4 is 10.5 Å². The quantitative estimate of drug-likeness (QED) is 0.390. The molecule has 0 spiro atoms. The number of oxime groups is 1. The van der Waals surface area contributed by atoms with Crippen LogP contribution in [0.3, 0.4) is 0 Å². The maximum absolute atomic E-state index is 8.82. The molecule has 20 heavy (non-hydrogen) atoms. The Hall–Kier alpha value is -2.20. The van der Waals surface area contributed by atoms with Gasteiger partial charge in [-0.25, -0.2) is 0 Å². The normalized spacial score (nSPS) is 11.4. The third kappa shape index (κ3) is 2.86. The topological polar surface area (TPSA) is 67.8 Å². The minimum atomic E-state index is -0.0260. The number of amidine groups is 1. The second-order valence-corrected chi connectivity index (χ2v) is 4.86. The fourth-order valence-corrected chi connectivity index (χ4v) is 1.96. The smallest absolute Gasteiger partial charge is 0.173 e. The van der Waals surface area contributed by atoms with E-state index in [1.54, 1.807) is 18.2 Å². The molecule has 0 bridgehead atoms. The molecule has 104 valence electrons. The van der Waals surface area contributed by atoms with Crippen molar-refractivity contribution < 1.29 is 9.94 Å². The Bertz CT molecular complexity index is 669. The van der Waals surface area contributed by atoms with E-state index in [1.165, 1.54) is 0 Å². The third-order valence-corrected chi connectivity index (χ3v) is 3.34. The number of hydrogen-bond acceptors (Lipinski definition) is 3. The molecule has 4 nitrogen and oxygen atoms in total. The first-order valence-electron chi connectivity index (χ1n) is 6.04. The highest BCUT2D eigenvalue weighted by Gasteiger charge is 2.12. The van der Waals surface area contributed by atoms with Crippen LogP contribution in [0.25, 0.3) is 0 Å². The number of nitrogens with zero attached hydrogens (tertiary/aromatic N) is 1. The van der Waals surface area contributed by atoms with E-state index < -0.39 is 0 Å². The number of benzene rings is 2. The van der Waals surface area contributed by atoms with Gasteiger partial charge in [-0.15, -0.1) is 0 Å². The highest BCUT2D eigenvalue weighted by Crippen LogP contribution is 2.31. The number of hydrogen-bond donors (Lipinski definition) is 2. The monoisotopic (exact) mass is 290 g/mol. The van der Waals surface area contributed by atoms with E-state index in [-0.39, 0.29) is 5.84 Å². The van der Waals surface area contributed by atoms with Crippen LogP contribution in [-0.2, 0) is 0 Å². The van der Waals surface area contributed by atoms with Crippen LogP contribution in [-0.4, -0.2) is 11.0 Å². The van der Waals surface area contributed by atoms with Gasteiger partial charge < -0.3 is 15.7 Å². The minimum absolute atomic E-state index is 0.0260. The largest absolute Gasteiger partial charge is 0.456 e. The van der Waals surface area contributed by atoms with Crippen molar-refractivity contribution in [1.29, 1.82) is 0 Å². The molecule has 2 aromatic rings. The predicted molar refractivity (Wildman–Crippen MR) is 80.0 cm³/mol. The standard InChI is InChI=1S/C15H15ClN2O2/c1-9-4-3-5-13(10(9)2)20-14-8-11(16)6-7-12(14)15(17)18-19/h3-8,19H,1-2H3,(H2,17,18). The van der Waals surface area contributed by atoms with Gasteiger partial charge in [0, 0.05) is 11.1 Å². The average molecular weight is 291 g/mol. The zero-order valence-electron chi connectivity index (χ0n) is 11.2. The van der Waals surface area contributed by atoms with Crippen LogP contribution >= 0.6 is 11.6 Å². The van der Waals surface area contributed by atoms with Crippen molar-refractivity contribution in [3.8, 4) is 11.5 Å². The second-order valence-electron chi connectivity index (χ2n) is 4.43. The van der Waals surface area contributed by atoms with Crippen molar-refractivity contribution in [3.63, 3.8) is 0 Å². The summed E-state index contributed by atoms with van der Waals surface area (Å²) >= 11 is 5.98. The second kappa shape index (κ2) is 5.84. The van der Waals surface area contributed by atoms with Gasteiger partial charge in [-0.3, -0.25) is 0 Å². The summed E-state index contributed by atoms with van der Waals surface area (Å²) < 4.78 is 5.87. The molecule has 0 fully saturated rings. The first kappa shape index (κ1) is 14.2. The zero-order valence-corrected chi connectivity index (χ0v) is 12.0. The molecule has 0 unspecified atom stereocenters. The van der Waals surface area contributed by atoms with Crippen molar-refractivity contribution in [2.24, 2.45) is 10.9 Å². The molecule has 0 heterocycles. The van der Waals surface area contributed by atoms with Crippen LogP contribution in [0.2, 0.25) is 5.02 Å². The Kier molecular flexibility index (Phi) is 4.15. The summed E-state index contributed by atoms with van der Waals surface area (Å²) in [6.07, 6.45) is 0. The SMILES string of the molecule is Cc1cccc(Oc2cc(Cl)ccc2C(N)=NO)c1C.